The van der Waals surface area contributed by atoms with Gasteiger partial charge in [-0.3, -0.25) is 4.90 Å². The zero-order valence-electron chi connectivity index (χ0n) is 11.0. The predicted molar refractivity (Wildman–Crippen MR) is 74.0 cm³/mol. The number of piperidine rings is 1. The van der Waals surface area contributed by atoms with Crippen LogP contribution in [-0.2, 0) is 6.54 Å². The van der Waals surface area contributed by atoms with Crippen LogP contribution in [0.5, 0.6) is 0 Å². The van der Waals surface area contributed by atoms with E-state index in [2.05, 4.69) is 16.0 Å². The van der Waals surface area contributed by atoms with Gasteiger partial charge >= 0.3 is 0 Å². The average molecular weight is 245 g/mol. The number of pyridine rings is 1. The molecule has 0 aromatic carbocycles. The molecular weight excluding hydrogens is 222 g/mol. The minimum absolute atomic E-state index is 0.639. The fourth-order valence-electron chi connectivity index (χ4n) is 3.67. The van der Waals surface area contributed by atoms with Crippen LogP contribution in [0.2, 0.25) is 0 Å². The zero-order chi connectivity index (χ0) is 12.4. The Kier molecular flexibility index (Phi) is 3.50. The monoisotopic (exact) mass is 245 g/mol. The van der Waals surface area contributed by atoms with Gasteiger partial charge in [0, 0.05) is 19.3 Å². The summed E-state index contributed by atoms with van der Waals surface area (Å²) in [6.07, 6.45) is 9.03. The van der Waals surface area contributed by atoms with Gasteiger partial charge in [-0.1, -0.05) is 19.3 Å². The van der Waals surface area contributed by atoms with Gasteiger partial charge in [-0.05, 0) is 48.9 Å². The van der Waals surface area contributed by atoms with Gasteiger partial charge in [-0.15, -0.1) is 0 Å². The van der Waals surface area contributed by atoms with Gasteiger partial charge in [0.2, 0.25) is 0 Å². The lowest BCUT2D eigenvalue weighted by Crippen LogP contribution is -2.41. The molecule has 3 rings (SSSR count). The van der Waals surface area contributed by atoms with Crippen LogP contribution in [0.15, 0.2) is 18.3 Å². The smallest absolute Gasteiger partial charge is 0.123 e. The summed E-state index contributed by atoms with van der Waals surface area (Å²) in [4.78, 5) is 6.66. The molecule has 98 valence electrons. The highest BCUT2D eigenvalue weighted by Gasteiger charge is 2.30. The molecule has 1 saturated heterocycles. The van der Waals surface area contributed by atoms with Gasteiger partial charge in [0.15, 0.2) is 0 Å². The van der Waals surface area contributed by atoms with Crippen LogP contribution in [0.25, 0.3) is 0 Å². The van der Waals surface area contributed by atoms with E-state index in [-0.39, 0.29) is 0 Å². The minimum atomic E-state index is 0.639. The number of hydrogen-bond acceptors (Lipinski definition) is 3. The van der Waals surface area contributed by atoms with Crippen molar-refractivity contribution < 1.29 is 0 Å². The molecule has 0 radical (unpaired) electrons. The molecule has 2 heterocycles. The fourth-order valence-corrected chi connectivity index (χ4v) is 3.67. The summed E-state index contributed by atoms with van der Waals surface area (Å²) in [6.45, 7) is 3.58. The normalized spacial score (nSPS) is 28.9. The maximum Gasteiger partial charge on any atom is 0.123 e. The minimum Gasteiger partial charge on any atom is -0.384 e. The first-order valence-corrected chi connectivity index (χ1v) is 7.24. The average Bonchev–Trinajstić information content (AvgIpc) is 2.39. The first-order valence-electron chi connectivity index (χ1n) is 7.24. The second kappa shape index (κ2) is 5.27. The highest BCUT2D eigenvalue weighted by Crippen LogP contribution is 2.36. The van der Waals surface area contributed by atoms with Crippen LogP contribution in [0.4, 0.5) is 5.82 Å². The van der Waals surface area contributed by atoms with E-state index in [9.17, 15) is 0 Å². The lowest BCUT2D eigenvalue weighted by atomic mass is 9.75. The Morgan fingerprint density at radius 1 is 1.22 bits per heavy atom. The van der Waals surface area contributed by atoms with Crippen LogP contribution in [0, 0.1) is 11.8 Å². The largest absolute Gasteiger partial charge is 0.384 e. The quantitative estimate of drug-likeness (QED) is 0.871. The zero-order valence-corrected chi connectivity index (χ0v) is 11.0. The van der Waals surface area contributed by atoms with Crippen LogP contribution in [0.1, 0.15) is 37.7 Å². The summed E-state index contributed by atoms with van der Waals surface area (Å²) in [5.41, 5.74) is 7.04. The van der Waals surface area contributed by atoms with Crippen LogP contribution in [0.3, 0.4) is 0 Å². The van der Waals surface area contributed by atoms with E-state index in [0.29, 0.717) is 5.82 Å². The summed E-state index contributed by atoms with van der Waals surface area (Å²) in [6, 6.07) is 4.09. The molecule has 1 aliphatic heterocycles. The summed E-state index contributed by atoms with van der Waals surface area (Å²) in [5, 5.41) is 0. The summed E-state index contributed by atoms with van der Waals surface area (Å²) in [5.74, 6) is 2.60. The van der Waals surface area contributed by atoms with Crippen molar-refractivity contribution in [3.8, 4) is 0 Å². The Morgan fingerprint density at radius 2 is 2.06 bits per heavy atom. The first kappa shape index (κ1) is 12.0. The molecule has 2 fully saturated rings. The predicted octanol–water partition coefficient (Wildman–Crippen LogP) is 2.68. The van der Waals surface area contributed by atoms with E-state index in [1.54, 1.807) is 0 Å². The Morgan fingerprint density at radius 3 is 2.89 bits per heavy atom. The topological polar surface area (TPSA) is 42.1 Å². The van der Waals surface area contributed by atoms with Gasteiger partial charge < -0.3 is 5.73 Å². The molecule has 0 amide bonds. The molecular formula is C15H23N3. The van der Waals surface area contributed by atoms with Crippen molar-refractivity contribution in [1.82, 2.24) is 9.88 Å². The fraction of sp³-hybridized carbons (Fsp3) is 0.667. The molecule has 1 aliphatic carbocycles. The molecule has 0 spiro atoms. The van der Waals surface area contributed by atoms with E-state index in [4.69, 9.17) is 5.73 Å². The highest BCUT2D eigenvalue weighted by molar-refractivity contribution is 5.31. The van der Waals surface area contributed by atoms with Crippen LogP contribution in [-0.4, -0.2) is 23.0 Å². The lowest BCUT2D eigenvalue weighted by Gasteiger charge is -2.41. The summed E-state index contributed by atoms with van der Waals surface area (Å²) in [7, 11) is 0. The number of hydrogen-bond donors (Lipinski definition) is 1. The van der Waals surface area contributed by atoms with Crippen molar-refractivity contribution >= 4 is 5.82 Å². The van der Waals surface area contributed by atoms with E-state index in [1.807, 2.05) is 12.3 Å². The highest BCUT2D eigenvalue weighted by atomic mass is 15.1. The molecule has 2 N–H and O–H groups in total. The van der Waals surface area contributed by atoms with Crippen molar-refractivity contribution in [1.29, 1.82) is 0 Å². The van der Waals surface area contributed by atoms with E-state index >= 15 is 0 Å². The number of nitrogens with two attached hydrogens (primary N) is 1. The van der Waals surface area contributed by atoms with Crippen LogP contribution < -0.4 is 5.73 Å². The maximum atomic E-state index is 5.74. The molecule has 2 aliphatic rings. The molecule has 2 unspecified atom stereocenters. The Balaban J connectivity index is 1.61. The Hall–Kier alpha value is -1.09. The maximum absolute atomic E-state index is 5.74. The second-order valence-electron chi connectivity index (χ2n) is 5.92. The van der Waals surface area contributed by atoms with Gasteiger partial charge in [0.1, 0.15) is 5.82 Å². The molecule has 1 saturated carbocycles. The molecule has 2 atom stereocenters. The molecule has 3 nitrogen and oxygen atoms in total. The second-order valence-corrected chi connectivity index (χ2v) is 5.92. The standard InChI is InChI=1S/C15H23N3/c16-15-9-12(5-7-17-15)10-18-8-6-13-3-1-2-4-14(13)11-18/h5,7,9,13-14H,1-4,6,8,10-11H2,(H2,16,17). The van der Waals surface area contributed by atoms with Crippen molar-refractivity contribution in [2.75, 3.05) is 18.8 Å². The van der Waals surface area contributed by atoms with E-state index in [0.717, 1.165) is 18.4 Å². The number of likely N-dealkylation sites (tertiary alicyclic amines) is 1. The van der Waals surface area contributed by atoms with Gasteiger partial charge in [0.05, 0.1) is 0 Å². The molecule has 0 bridgehead atoms. The van der Waals surface area contributed by atoms with E-state index in [1.165, 1.54) is 50.8 Å². The number of rotatable bonds is 2. The molecule has 1 aromatic rings. The number of fused-ring (bicyclic) bond motifs is 1. The Labute approximate surface area is 109 Å². The van der Waals surface area contributed by atoms with Gasteiger partial charge in [-0.2, -0.15) is 0 Å². The molecule has 18 heavy (non-hydrogen) atoms. The third-order valence-electron chi connectivity index (χ3n) is 4.63. The van der Waals surface area contributed by atoms with Crippen molar-refractivity contribution in [3.63, 3.8) is 0 Å². The Bertz CT molecular complexity index is 404. The van der Waals surface area contributed by atoms with Gasteiger partial charge in [0.25, 0.3) is 0 Å². The molecule has 1 aromatic heterocycles. The van der Waals surface area contributed by atoms with Gasteiger partial charge in [-0.25, -0.2) is 4.98 Å². The van der Waals surface area contributed by atoms with Crippen LogP contribution >= 0.6 is 0 Å². The lowest BCUT2D eigenvalue weighted by molar-refractivity contribution is 0.0820. The summed E-state index contributed by atoms with van der Waals surface area (Å²) >= 11 is 0. The van der Waals surface area contributed by atoms with Crippen molar-refractivity contribution in [3.05, 3.63) is 23.9 Å². The number of anilines is 1. The van der Waals surface area contributed by atoms with Crippen molar-refractivity contribution in [2.45, 2.75) is 38.6 Å². The van der Waals surface area contributed by atoms with E-state index < -0.39 is 0 Å². The van der Waals surface area contributed by atoms with Crippen molar-refractivity contribution in [2.24, 2.45) is 11.8 Å². The third kappa shape index (κ3) is 2.66. The number of nitrogens with zero attached hydrogens (tertiary/aromatic N) is 2. The number of nitrogen functional groups attached to an aromatic ring is 1. The SMILES string of the molecule is Nc1cc(CN2CCC3CCCCC3C2)ccn1. The third-order valence-corrected chi connectivity index (χ3v) is 4.63. The molecule has 3 heteroatoms. The summed E-state index contributed by atoms with van der Waals surface area (Å²) < 4.78 is 0. The first-order chi connectivity index (χ1) is 8.81. The number of aromatic nitrogens is 1.